The number of nitro groups is 1. The first-order valence-electron chi connectivity index (χ1n) is 6.56. The molecular formula is C16H13BrClNO4. The molecule has 7 heteroatoms. The minimum absolute atomic E-state index is 0.343. The van der Waals surface area contributed by atoms with Crippen LogP contribution >= 0.6 is 27.5 Å². The van der Waals surface area contributed by atoms with Crippen LogP contribution in [0.1, 0.15) is 11.1 Å². The minimum atomic E-state index is -0.522. The average molecular weight is 399 g/mol. The molecule has 0 amide bonds. The maximum Gasteiger partial charge on any atom is 0.235 e. The van der Waals surface area contributed by atoms with E-state index in [1.54, 1.807) is 24.3 Å². The summed E-state index contributed by atoms with van der Waals surface area (Å²) in [5.41, 5.74) is 1.59. The predicted octanol–water partition coefficient (Wildman–Crippen LogP) is 4.94. The van der Waals surface area contributed by atoms with E-state index in [1.807, 2.05) is 12.1 Å². The molecule has 0 aliphatic rings. The second-order valence-electron chi connectivity index (χ2n) is 4.55. The van der Waals surface area contributed by atoms with Gasteiger partial charge in [-0.05, 0) is 51.3 Å². The zero-order valence-corrected chi connectivity index (χ0v) is 14.5. The Morgan fingerprint density at radius 1 is 1.30 bits per heavy atom. The van der Waals surface area contributed by atoms with Crippen molar-refractivity contribution in [3.8, 4) is 11.5 Å². The van der Waals surface area contributed by atoms with Gasteiger partial charge in [-0.2, -0.15) is 0 Å². The van der Waals surface area contributed by atoms with Crippen LogP contribution in [-0.4, -0.2) is 12.0 Å². The Labute approximate surface area is 146 Å². The van der Waals surface area contributed by atoms with Crippen LogP contribution in [0.2, 0.25) is 5.02 Å². The van der Waals surface area contributed by atoms with Crippen molar-refractivity contribution in [3.05, 3.63) is 73.3 Å². The standard InChI is InChI=1S/C16H13BrClNO4/c1-22-15-9-12(6-7-19(20)21)8-14(17)16(15)23-10-11-2-4-13(18)5-3-11/h2-9H,10H2,1H3/b7-6+. The summed E-state index contributed by atoms with van der Waals surface area (Å²) in [5, 5.41) is 11.1. The first-order valence-corrected chi connectivity index (χ1v) is 7.73. The van der Waals surface area contributed by atoms with E-state index >= 15 is 0 Å². The Bertz CT molecular complexity index is 732. The van der Waals surface area contributed by atoms with Crippen LogP contribution in [-0.2, 0) is 6.61 Å². The molecule has 0 spiro atoms. The second kappa shape index (κ2) is 7.99. The van der Waals surface area contributed by atoms with E-state index in [-0.39, 0.29) is 0 Å². The lowest BCUT2D eigenvalue weighted by Gasteiger charge is -2.13. The highest BCUT2D eigenvalue weighted by Crippen LogP contribution is 2.37. The number of methoxy groups -OCH3 is 1. The average Bonchev–Trinajstić information content (AvgIpc) is 2.53. The van der Waals surface area contributed by atoms with Crippen LogP contribution in [0.15, 0.2) is 47.1 Å². The summed E-state index contributed by atoms with van der Waals surface area (Å²) in [6.45, 7) is 0.343. The molecule has 0 radical (unpaired) electrons. The van der Waals surface area contributed by atoms with Crippen molar-refractivity contribution in [3.63, 3.8) is 0 Å². The highest BCUT2D eigenvalue weighted by atomic mass is 79.9. The third-order valence-electron chi connectivity index (χ3n) is 2.94. The van der Waals surface area contributed by atoms with Crippen LogP contribution in [0.3, 0.4) is 0 Å². The van der Waals surface area contributed by atoms with Gasteiger partial charge in [0.25, 0.3) is 0 Å². The molecule has 0 unspecified atom stereocenters. The molecule has 5 nitrogen and oxygen atoms in total. The lowest BCUT2D eigenvalue weighted by Crippen LogP contribution is -1.99. The van der Waals surface area contributed by atoms with Crippen LogP contribution in [0.5, 0.6) is 11.5 Å². The smallest absolute Gasteiger partial charge is 0.235 e. The largest absolute Gasteiger partial charge is 0.493 e. The minimum Gasteiger partial charge on any atom is -0.493 e. The fraction of sp³-hybridized carbons (Fsp3) is 0.125. The van der Waals surface area contributed by atoms with Crippen LogP contribution in [0, 0.1) is 10.1 Å². The number of nitrogens with zero attached hydrogens (tertiary/aromatic N) is 1. The van der Waals surface area contributed by atoms with Crippen molar-refractivity contribution in [2.75, 3.05) is 7.11 Å². The first-order chi connectivity index (χ1) is 11.0. The van der Waals surface area contributed by atoms with E-state index < -0.39 is 4.92 Å². The molecule has 0 fully saturated rings. The SMILES string of the molecule is COc1cc(/C=C/[N+](=O)[O-])cc(Br)c1OCc1ccc(Cl)cc1. The molecule has 120 valence electrons. The highest BCUT2D eigenvalue weighted by Gasteiger charge is 2.11. The van der Waals surface area contributed by atoms with Gasteiger partial charge < -0.3 is 9.47 Å². The van der Waals surface area contributed by atoms with Gasteiger partial charge >= 0.3 is 0 Å². The normalized spacial score (nSPS) is 10.7. The molecular weight excluding hydrogens is 386 g/mol. The van der Waals surface area contributed by atoms with Crippen molar-refractivity contribution in [2.24, 2.45) is 0 Å². The quantitative estimate of drug-likeness (QED) is 0.511. The Hall–Kier alpha value is -2.05. The molecule has 2 rings (SSSR count). The van der Waals surface area contributed by atoms with Gasteiger partial charge in [-0.15, -0.1) is 0 Å². The van der Waals surface area contributed by atoms with Crippen molar-refractivity contribution in [2.45, 2.75) is 6.61 Å². The molecule has 0 aliphatic carbocycles. The first kappa shape index (κ1) is 17.3. The fourth-order valence-corrected chi connectivity index (χ4v) is 2.56. The zero-order chi connectivity index (χ0) is 16.8. The number of halogens is 2. The summed E-state index contributed by atoms with van der Waals surface area (Å²) in [4.78, 5) is 9.88. The van der Waals surface area contributed by atoms with Gasteiger partial charge in [-0.3, -0.25) is 10.1 Å². The molecule has 0 saturated carbocycles. The summed E-state index contributed by atoms with van der Waals surface area (Å²) in [6, 6.07) is 10.7. The Balaban J connectivity index is 2.20. The second-order valence-corrected chi connectivity index (χ2v) is 5.84. The molecule has 2 aromatic carbocycles. The molecule has 0 aromatic heterocycles. The Kier molecular flexibility index (Phi) is 6.01. The highest BCUT2D eigenvalue weighted by molar-refractivity contribution is 9.10. The molecule has 0 aliphatic heterocycles. The molecule has 0 saturated heterocycles. The number of hydrogen-bond acceptors (Lipinski definition) is 4. The van der Waals surface area contributed by atoms with E-state index in [9.17, 15) is 10.1 Å². The number of rotatable bonds is 6. The number of hydrogen-bond donors (Lipinski definition) is 0. The third kappa shape index (κ3) is 4.97. The summed E-state index contributed by atoms with van der Waals surface area (Å²) >= 11 is 9.25. The monoisotopic (exact) mass is 397 g/mol. The molecule has 0 N–H and O–H groups in total. The maximum atomic E-state index is 10.4. The van der Waals surface area contributed by atoms with Crippen molar-refractivity contribution >= 4 is 33.6 Å². The van der Waals surface area contributed by atoms with Gasteiger partial charge in [-0.25, -0.2) is 0 Å². The molecule has 23 heavy (non-hydrogen) atoms. The van der Waals surface area contributed by atoms with Crippen LogP contribution < -0.4 is 9.47 Å². The summed E-state index contributed by atoms with van der Waals surface area (Å²) in [5.74, 6) is 1.01. The van der Waals surface area contributed by atoms with Crippen molar-refractivity contribution < 1.29 is 14.4 Å². The van der Waals surface area contributed by atoms with Crippen LogP contribution in [0.25, 0.3) is 6.08 Å². The zero-order valence-electron chi connectivity index (χ0n) is 12.2. The lowest BCUT2D eigenvalue weighted by molar-refractivity contribution is -0.400. The Morgan fingerprint density at radius 2 is 2.00 bits per heavy atom. The van der Waals surface area contributed by atoms with E-state index in [2.05, 4.69) is 15.9 Å². The van der Waals surface area contributed by atoms with Gasteiger partial charge in [0.1, 0.15) is 6.61 Å². The van der Waals surface area contributed by atoms with Gasteiger partial charge in [0.2, 0.25) is 6.20 Å². The molecule has 0 heterocycles. The van der Waals surface area contributed by atoms with E-state index in [1.165, 1.54) is 13.2 Å². The number of benzene rings is 2. The van der Waals surface area contributed by atoms with Gasteiger partial charge in [0.15, 0.2) is 11.5 Å². The predicted molar refractivity (Wildman–Crippen MR) is 92.5 cm³/mol. The lowest BCUT2D eigenvalue weighted by atomic mass is 10.2. The fourth-order valence-electron chi connectivity index (χ4n) is 1.86. The maximum absolute atomic E-state index is 10.4. The van der Waals surface area contributed by atoms with Gasteiger partial charge in [-0.1, -0.05) is 23.7 Å². The van der Waals surface area contributed by atoms with E-state index in [0.29, 0.717) is 33.2 Å². The topological polar surface area (TPSA) is 61.6 Å². The van der Waals surface area contributed by atoms with Gasteiger partial charge in [0.05, 0.1) is 16.5 Å². The van der Waals surface area contributed by atoms with Crippen molar-refractivity contribution in [1.29, 1.82) is 0 Å². The third-order valence-corrected chi connectivity index (χ3v) is 3.78. The molecule has 0 atom stereocenters. The summed E-state index contributed by atoms with van der Waals surface area (Å²) in [6.07, 6.45) is 2.26. The van der Waals surface area contributed by atoms with Crippen LogP contribution in [0.4, 0.5) is 0 Å². The summed E-state index contributed by atoms with van der Waals surface area (Å²) in [7, 11) is 1.51. The molecule has 2 aromatic rings. The summed E-state index contributed by atoms with van der Waals surface area (Å²) < 4.78 is 11.7. The van der Waals surface area contributed by atoms with E-state index in [0.717, 1.165) is 11.8 Å². The Morgan fingerprint density at radius 3 is 2.61 bits per heavy atom. The molecule has 0 bridgehead atoms. The van der Waals surface area contributed by atoms with E-state index in [4.69, 9.17) is 21.1 Å². The van der Waals surface area contributed by atoms with Crippen molar-refractivity contribution in [1.82, 2.24) is 0 Å². The number of ether oxygens (including phenoxy) is 2. The van der Waals surface area contributed by atoms with Gasteiger partial charge in [0, 0.05) is 11.1 Å².